The fourth-order valence-corrected chi connectivity index (χ4v) is 2.22. The molecule has 0 unspecified atom stereocenters. The van der Waals surface area contributed by atoms with Crippen LogP contribution in [0.3, 0.4) is 0 Å². The van der Waals surface area contributed by atoms with Crippen molar-refractivity contribution in [1.82, 2.24) is 4.57 Å². The molecule has 0 saturated heterocycles. The van der Waals surface area contributed by atoms with E-state index in [1.807, 2.05) is 18.2 Å². The van der Waals surface area contributed by atoms with Crippen molar-refractivity contribution in [1.29, 1.82) is 0 Å². The lowest BCUT2D eigenvalue weighted by Gasteiger charge is -2.09. The molecule has 0 radical (unpaired) electrons. The van der Waals surface area contributed by atoms with Crippen molar-refractivity contribution in [3.05, 3.63) is 28.7 Å². The molecule has 4 heteroatoms. The smallest absolute Gasteiger partial charge is 0.408 e. The molecule has 0 aliphatic heterocycles. The van der Waals surface area contributed by atoms with Crippen LogP contribution in [-0.2, 0) is 6.54 Å². The van der Waals surface area contributed by atoms with Crippen molar-refractivity contribution in [2.45, 2.75) is 39.3 Å². The van der Waals surface area contributed by atoms with E-state index in [4.69, 9.17) is 4.42 Å². The highest BCUT2D eigenvalue weighted by molar-refractivity contribution is 5.77. The number of nitrogens with one attached hydrogen (secondary N) is 1. The molecule has 1 aliphatic rings. The van der Waals surface area contributed by atoms with Crippen molar-refractivity contribution in [2.75, 3.05) is 5.32 Å². The fourth-order valence-electron chi connectivity index (χ4n) is 2.22. The molecular formula is C14H18N2O2. The quantitative estimate of drug-likeness (QED) is 0.902. The Morgan fingerprint density at radius 3 is 2.89 bits per heavy atom. The van der Waals surface area contributed by atoms with Crippen LogP contribution in [0.2, 0.25) is 0 Å². The van der Waals surface area contributed by atoms with Gasteiger partial charge in [-0.05, 0) is 44.7 Å². The summed E-state index contributed by atoms with van der Waals surface area (Å²) in [4.78, 5) is 11.8. The van der Waals surface area contributed by atoms with Gasteiger partial charge < -0.3 is 9.73 Å². The minimum atomic E-state index is -0.237. The van der Waals surface area contributed by atoms with Gasteiger partial charge in [0.1, 0.15) is 0 Å². The van der Waals surface area contributed by atoms with Gasteiger partial charge in [-0.25, -0.2) is 4.79 Å². The lowest BCUT2D eigenvalue weighted by molar-refractivity contribution is 0.492. The summed E-state index contributed by atoms with van der Waals surface area (Å²) in [6.45, 7) is 4.96. The number of oxazole rings is 1. The summed E-state index contributed by atoms with van der Waals surface area (Å²) in [6, 6.07) is 6.23. The van der Waals surface area contributed by atoms with E-state index in [1.165, 1.54) is 12.8 Å². The standard InChI is InChI=1S/C14H18N2O2/c1-9(2)15-11-5-6-12-13(7-11)18-14(17)16(12)8-10-3-4-10/h5-7,9-10,15H,3-4,8H2,1-2H3. The molecule has 1 fully saturated rings. The van der Waals surface area contributed by atoms with Gasteiger partial charge in [-0.15, -0.1) is 0 Å². The molecule has 18 heavy (non-hydrogen) atoms. The van der Waals surface area contributed by atoms with E-state index in [9.17, 15) is 4.79 Å². The summed E-state index contributed by atoms with van der Waals surface area (Å²) in [7, 11) is 0. The van der Waals surface area contributed by atoms with Crippen LogP contribution in [0.15, 0.2) is 27.4 Å². The first-order valence-corrected chi connectivity index (χ1v) is 6.53. The molecule has 2 aromatic rings. The summed E-state index contributed by atoms with van der Waals surface area (Å²) in [5, 5.41) is 3.31. The summed E-state index contributed by atoms with van der Waals surface area (Å²) >= 11 is 0. The summed E-state index contributed by atoms with van der Waals surface area (Å²) < 4.78 is 7.07. The molecule has 0 bridgehead atoms. The first kappa shape index (κ1) is 11.4. The second kappa shape index (κ2) is 4.19. The highest BCUT2D eigenvalue weighted by Crippen LogP contribution is 2.31. The second-order valence-electron chi connectivity index (χ2n) is 5.40. The van der Waals surface area contributed by atoms with Crippen LogP contribution < -0.4 is 11.1 Å². The van der Waals surface area contributed by atoms with Gasteiger partial charge in [0.15, 0.2) is 5.58 Å². The zero-order valence-electron chi connectivity index (χ0n) is 10.8. The molecule has 1 aromatic carbocycles. The largest absolute Gasteiger partial charge is 0.419 e. The Kier molecular flexibility index (Phi) is 2.65. The zero-order chi connectivity index (χ0) is 12.7. The van der Waals surface area contributed by atoms with E-state index < -0.39 is 0 Å². The van der Waals surface area contributed by atoms with Crippen molar-refractivity contribution < 1.29 is 4.42 Å². The van der Waals surface area contributed by atoms with E-state index in [0.29, 0.717) is 17.5 Å². The van der Waals surface area contributed by atoms with E-state index in [2.05, 4.69) is 19.2 Å². The Morgan fingerprint density at radius 1 is 1.44 bits per heavy atom. The highest BCUT2D eigenvalue weighted by Gasteiger charge is 2.24. The molecule has 1 saturated carbocycles. The lowest BCUT2D eigenvalue weighted by atomic mass is 10.2. The predicted octanol–water partition coefficient (Wildman–Crippen LogP) is 2.82. The molecular weight excluding hydrogens is 228 g/mol. The normalized spacial score (nSPS) is 15.5. The van der Waals surface area contributed by atoms with Crippen LogP contribution >= 0.6 is 0 Å². The molecule has 1 aliphatic carbocycles. The van der Waals surface area contributed by atoms with E-state index in [0.717, 1.165) is 17.7 Å². The minimum absolute atomic E-state index is 0.237. The summed E-state index contributed by atoms with van der Waals surface area (Å²) in [6.07, 6.45) is 2.46. The second-order valence-corrected chi connectivity index (χ2v) is 5.40. The van der Waals surface area contributed by atoms with Crippen LogP contribution in [-0.4, -0.2) is 10.6 Å². The van der Waals surface area contributed by atoms with Crippen LogP contribution in [0, 0.1) is 5.92 Å². The Balaban J connectivity index is 1.99. The highest BCUT2D eigenvalue weighted by atomic mass is 16.4. The van der Waals surface area contributed by atoms with Gasteiger partial charge in [0.05, 0.1) is 5.52 Å². The molecule has 0 spiro atoms. The number of fused-ring (bicyclic) bond motifs is 1. The molecule has 1 N–H and O–H groups in total. The lowest BCUT2D eigenvalue weighted by Crippen LogP contribution is -2.15. The Labute approximate surface area is 106 Å². The number of aromatic nitrogens is 1. The van der Waals surface area contributed by atoms with Crippen molar-refractivity contribution in [2.24, 2.45) is 5.92 Å². The van der Waals surface area contributed by atoms with E-state index >= 15 is 0 Å². The number of hydrogen-bond donors (Lipinski definition) is 1. The third-order valence-electron chi connectivity index (χ3n) is 3.26. The maximum Gasteiger partial charge on any atom is 0.419 e. The first-order valence-electron chi connectivity index (χ1n) is 6.53. The van der Waals surface area contributed by atoms with Crippen LogP contribution in [0.4, 0.5) is 5.69 Å². The molecule has 1 heterocycles. The van der Waals surface area contributed by atoms with Crippen molar-refractivity contribution in [3.8, 4) is 0 Å². The van der Waals surface area contributed by atoms with E-state index in [1.54, 1.807) is 4.57 Å². The van der Waals surface area contributed by atoms with Crippen LogP contribution in [0.5, 0.6) is 0 Å². The molecule has 0 amide bonds. The van der Waals surface area contributed by atoms with Gasteiger partial charge in [-0.3, -0.25) is 4.57 Å². The SMILES string of the molecule is CC(C)Nc1ccc2c(c1)oc(=O)n2CC1CC1. The third-order valence-corrected chi connectivity index (χ3v) is 3.26. The monoisotopic (exact) mass is 246 g/mol. The molecule has 1 aromatic heterocycles. The van der Waals surface area contributed by atoms with Gasteiger partial charge >= 0.3 is 5.76 Å². The molecule has 96 valence electrons. The molecule has 3 rings (SSSR count). The third kappa shape index (κ3) is 2.15. The van der Waals surface area contributed by atoms with Gasteiger partial charge in [0.2, 0.25) is 0 Å². The number of nitrogens with zero attached hydrogens (tertiary/aromatic N) is 1. The van der Waals surface area contributed by atoms with Crippen LogP contribution in [0.1, 0.15) is 26.7 Å². The average Bonchev–Trinajstić information content (AvgIpc) is 3.04. The molecule has 0 atom stereocenters. The van der Waals surface area contributed by atoms with E-state index in [-0.39, 0.29) is 5.76 Å². The average molecular weight is 246 g/mol. The van der Waals surface area contributed by atoms with Gasteiger partial charge in [-0.2, -0.15) is 0 Å². The molecule has 4 nitrogen and oxygen atoms in total. The Morgan fingerprint density at radius 2 is 2.22 bits per heavy atom. The number of rotatable bonds is 4. The zero-order valence-corrected chi connectivity index (χ0v) is 10.8. The first-order chi connectivity index (χ1) is 8.63. The van der Waals surface area contributed by atoms with Gasteiger partial charge in [0.25, 0.3) is 0 Å². The predicted molar refractivity (Wildman–Crippen MR) is 72.0 cm³/mol. The van der Waals surface area contributed by atoms with Gasteiger partial charge in [0, 0.05) is 24.3 Å². The number of hydrogen-bond acceptors (Lipinski definition) is 3. The van der Waals surface area contributed by atoms with Crippen molar-refractivity contribution >= 4 is 16.8 Å². The maximum atomic E-state index is 11.8. The topological polar surface area (TPSA) is 47.2 Å². The number of benzene rings is 1. The summed E-state index contributed by atoms with van der Waals surface area (Å²) in [5.74, 6) is 0.426. The number of anilines is 1. The van der Waals surface area contributed by atoms with Crippen LogP contribution in [0.25, 0.3) is 11.1 Å². The van der Waals surface area contributed by atoms with Crippen molar-refractivity contribution in [3.63, 3.8) is 0 Å². The maximum absolute atomic E-state index is 11.8. The minimum Gasteiger partial charge on any atom is -0.408 e. The van der Waals surface area contributed by atoms with Gasteiger partial charge in [-0.1, -0.05) is 0 Å². The Hall–Kier alpha value is -1.71. The fraction of sp³-hybridized carbons (Fsp3) is 0.500. The summed E-state index contributed by atoms with van der Waals surface area (Å²) in [5.41, 5.74) is 2.57. The Bertz CT molecular complexity index is 620.